The lowest BCUT2D eigenvalue weighted by Crippen LogP contribution is -2.60. The van der Waals surface area contributed by atoms with E-state index in [1.54, 1.807) is 31.1 Å². The summed E-state index contributed by atoms with van der Waals surface area (Å²) in [5.41, 5.74) is 0.646. The Hall–Kier alpha value is -3.39. The lowest BCUT2D eigenvalue weighted by atomic mass is 9.70. The number of piperidine rings is 1. The largest absolute Gasteiger partial charge is 0.512 e. The van der Waals surface area contributed by atoms with Crippen LogP contribution in [0.3, 0.4) is 0 Å². The van der Waals surface area contributed by atoms with Crippen LogP contribution in [0.5, 0.6) is 0 Å². The highest BCUT2D eigenvalue weighted by atomic mass is 35.5. The molecule has 1 amide bonds. The molecule has 1 saturated heterocycles. The molecule has 0 spiro atoms. The van der Waals surface area contributed by atoms with Crippen molar-refractivity contribution in [2.75, 3.05) is 40.5 Å². The zero-order valence-electron chi connectivity index (χ0n) is 26.4. The van der Waals surface area contributed by atoms with E-state index in [-0.39, 0.29) is 18.7 Å². The van der Waals surface area contributed by atoms with Gasteiger partial charge < -0.3 is 19.5 Å². The fraction of sp³-hybridized carbons (Fsp3) is 0.444. The third-order valence-electron chi connectivity index (χ3n) is 9.28. The van der Waals surface area contributed by atoms with Crippen LogP contribution < -0.4 is 0 Å². The number of likely N-dealkylation sites (N-methyl/N-ethyl adjacent to an activating group) is 1. The summed E-state index contributed by atoms with van der Waals surface area (Å²) in [6.07, 6.45) is 1.94. The first-order valence-electron chi connectivity index (χ1n) is 15.6. The molecule has 236 valence electrons. The quantitative estimate of drug-likeness (QED) is 0.176. The van der Waals surface area contributed by atoms with E-state index in [4.69, 9.17) is 21.1 Å². The van der Waals surface area contributed by atoms with Crippen molar-refractivity contribution in [3.8, 4) is 0 Å². The van der Waals surface area contributed by atoms with Gasteiger partial charge in [-0.1, -0.05) is 98.2 Å². The number of hydrogen-bond acceptors (Lipinski definition) is 5. The van der Waals surface area contributed by atoms with Crippen molar-refractivity contribution < 1.29 is 28.7 Å². The van der Waals surface area contributed by atoms with Crippen LogP contribution in [-0.4, -0.2) is 73.1 Å². The first-order chi connectivity index (χ1) is 21.1. The van der Waals surface area contributed by atoms with Gasteiger partial charge in [0.2, 0.25) is 12.6 Å². The summed E-state index contributed by atoms with van der Waals surface area (Å²) in [5, 5.41) is 12.3. The predicted molar refractivity (Wildman–Crippen MR) is 173 cm³/mol. The normalized spacial score (nSPS) is 20.2. The molecule has 4 rings (SSSR count). The Balaban J connectivity index is 1.69. The highest BCUT2D eigenvalue weighted by Gasteiger charge is 2.48. The van der Waals surface area contributed by atoms with E-state index in [0.717, 1.165) is 16.7 Å². The Morgan fingerprint density at radius 1 is 0.909 bits per heavy atom. The summed E-state index contributed by atoms with van der Waals surface area (Å²) in [6.45, 7) is 5.68. The van der Waals surface area contributed by atoms with Gasteiger partial charge in [-0.25, -0.2) is 4.79 Å². The van der Waals surface area contributed by atoms with Crippen molar-refractivity contribution in [1.82, 2.24) is 4.90 Å². The van der Waals surface area contributed by atoms with Crippen molar-refractivity contribution in [3.05, 3.63) is 107 Å². The second-order valence-electron chi connectivity index (χ2n) is 12.2. The lowest BCUT2D eigenvalue weighted by molar-refractivity contribution is -0.950. The molecule has 0 aromatic heterocycles. The molecule has 0 saturated carbocycles. The second kappa shape index (κ2) is 14.6. The van der Waals surface area contributed by atoms with Crippen LogP contribution in [0.1, 0.15) is 62.6 Å². The van der Waals surface area contributed by atoms with Gasteiger partial charge in [-0.3, -0.25) is 9.28 Å². The molecule has 3 aromatic rings. The summed E-state index contributed by atoms with van der Waals surface area (Å²) in [5.74, 6) is -0.0169. The van der Waals surface area contributed by atoms with E-state index >= 15 is 0 Å². The topological polar surface area (TPSA) is 76.1 Å². The molecule has 0 bridgehead atoms. The van der Waals surface area contributed by atoms with Gasteiger partial charge in [0.1, 0.15) is 17.1 Å². The fourth-order valence-corrected chi connectivity index (χ4v) is 6.53. The van der Waals surface area contributed by atoms with E-state index in [1.165, 1.54) is 0 Å². The molecule has 1 heterocycles. The van der Waals surface area contributed by atoms with Crippen LogP contribution in [0.2, 0.25) is 5.02 Å². The molecule has 0 unspecified atom stereocenters. The number of halogens is 1. The summed E-state index contributed by atoms with van der Waals surface area (Å²) in [7, 11) is 3.58. The number of likely N-dealkylation sites (tertiary alicyclic amines) is 1. The minimum Gasteiger partial charge on any atom is -0.431 e. The van der Waals surface area contributed by atoms with E-state index < -0.39 is 17.2 Å². The van der Waals surface area contributed by atoms with Crippen LogP contribution >= 0.6 is 11.6 Å². The highest BCUT2D eigenvalue weighted by Crippen LogP contribution is 2.41. The van der Waals surface area contributed by atoms with Crippen LogP contribution in [0.15, 0.2) is 84.9 Å². The molecular weight excluding hydrogens is 576 g/mol. The molecule has 1 N–H and O–H groups in total. The number of benzene rings is 3. The average Bonchev–Trinajstić information content (AvgIpc) is 3.05. The summed E-state index contributed by atoms with van der Waals surface area (Å²) < 4.78 is 11.8. The zero-order valence-corrected chi connectivity index (χ0v) is 27.1. The molecule has 7 nitrogen and oxygen atoms in total. The first kappa shape index (κ1) is 33.5. The number of aliphatic hydroxyl groups is 1. The molecule has 1 aliphatic heterocycles. The predicted octanol–water partition coefficient (Wildman–Crippen LogP) is 6.90. The first-order valence-corrected chi connectivity index (χ1v) is 15.9. The monoisotopic (exact) mass is 621 g/mol. The molecule has 44 heavy (non-hydrogen) atoms. The van der Waals surface area contributed by atoms with E-state index in [9.17, 15) is 14.7 Å². The van der Waals surface area contributed by atoms with Gasteiger partial charge in [0.05, 0.1) is 19.6 Å². The summed E-state index contributed by atoms with van der Waals surface area (Å²) >= 11 is 6.13. The Morgan fingerprint density at radius 3 is 1.91 bits per heavy atom. The van der Waals surface area contributed by atoms with Crippen molar-refractivity contribution in [2.24, 2.45) is 0 Å². The molecule has 3 aromatic carbocycles. The van der Waals surface area contributed by atoms with E-state index in [2.05, 4.69) is 0 Å². The number of rotatable bonds is 12. The van der Waals surface area contributed by atoms with E-state index in [1.807, 2.05) is 86.6 Å². The summed E-state index contributed by atoms with van der Waals surface area (Å²) in [4.78, 5) is 28.7. The fourth-order valence-electron chi connectivity index (χ4n) is 6.40. The number of carbonyl (C=O) groups is 2. The molecular formula is C36H46ClN2O5+. The smallest absolute Gasteiger partial charge is 0.431 e. The maximum Gasteiger partial charge on any atom is 0.512 e. The van der Waals surface area contributed by atoms with Gasteiger partial charge >= 0.3 is 6.16 Å². The SMILES string of the molecule is CCC(CC)OC(=O)OC[N+]1(CCC(C(=O)N(C)C)(c2ccccc2)c2ccccc2)CCC(O)(c2ccc(Cl)cc2)CC1. The highest BCUT2D eigenvalue weighted by molar-refractivity contribution is 6.30. The summed E-state index contributed by atoms with van der Waals surface area (Å²) in [6, 6.07) is 27.1. The molecule has 0 radical (unpaired) electrons. The Labute approximate surface area is 266 Å². The second-order valence-corrected chi connectivity index (χ2v) is 12.7. The number of carbonyl (C=O) groups excluding carboxylic acids is 2. The maximum atomic E-state index is 14.3. The van der Waals surface area contributed by atoms with Crippen molar-refractivity contribution in [1.29, 1.82) is 0 Å². The third kappa shape index (κ3) is 7.45. The molecule has 8 heteroatoms. The van der Waals surface area contributed by atoms with E-state index in [0.29, 0.717) is 61.2 Å². The standard InChI is InChI=1S/C36H46ClN2O5/c1-5-32(6-2)44-34(41)43-27-39(24-21-35(42,22-25-39)28-17-19-31(37)20-18-28)26-23-36(33(40)38(3)4,29-13-9-7-10-14-29)30-15-11-8-12-16-30/h7-20,32,42H,5-6,21-27H2,1-4H3/q+1. The molecule has 0 aliphatic carbocycles. The number of quaternary nitrogens is 1. The number of hydrogen-bond donors (Lipinski definition) is 1. The molecule has 0 atom stereocenters. The van der Waals surface area contributed by atoms with Gasteiger partial charge in [-0.2, -0.15) is 0 Å². The van der Waals surface area contributed by atoms with Crippen LogP contribution in [0.4, 0.5) is 4.79 Å². The minimum absolute atomic E-state index is 0.0169. The average molecular weight is 622 g/mol. The Morgan fingerprint density at radius 2 is 1.43 bits per heavy atom. The number of ether oxygens (including phenoxy) is 2. The Kier molecular flexibility index (Phi) is 11.1. The van der Waals surface area contributed by atoms with Gasteiger partial charge in [0, 0.05) is 38.4 Å². The van der Waals surface area contributed by atoms with Crippen LogP contribution in [0.25, 0.3) is 0 Å². The van der Waals surface area contributed by atoms with Gasteiger partial charge in [0.25, 0.3) is 0 Å². The molecule has 1 fully saturated rings. The molecule has 1 aliphatic rings. The van der Waals surface area contributed by atoms with Crippen LogP contribution in [0, 0.1) is 0 Å². The van der Waals surface area contributed by atoms with Gasteiger partial charge in [0.15, 0.2) is 0 Å². The third-order valence-corrected chi connectivity index (χ3v) is 9.53. The number of amides is 1. The number of nitrogens with zero attached hydrogens (tertiary/aromatic N) is 2. The van der Waals surface area contributed by atoms with Crippen molar-refractivity contribution >= 4 is 23.7 Å². The van der Waals surface area contributed by atoms with Crippen molar-refractivity contribution in [3.63, 3.8) is 0 Å². The maximum absolute atomic E-state index is 14.3. The Bertz CT molecular complexity index is 1310. The zero-order chi connectivity index (χ0) is 31.8. The van der Waals surface area contributed by atoms with Gasteiger partial charge in [-0.15, -0.1) is 0 Å². The van der Waals surface area contributed by atoms with Gasteiger partial charge in [-0.05, 0) is 41.7 Å². The van der Waals surface area contributed by atoms with Crippen molar-refractivity contribution in [2.45, 2.75) is 63.1 Å². The lowest BCUT2D eigenvalue weighted by Gasteiger charge is -2.47. The minimum atomic E-state index is -1.03. The van der Waals surface area contributed by atoms with Crippen LogP contribution in [-0.2, 0) is 25.3 Å².